The molecule has 0 aromatic heterocycles. The summed E-state index contributed by atoms with van der Waals surface area (Å²) in [6, 6.07) is 16.3. The van der Waals surface area contributed by atoms with Crippen LogP contribution in [0.2, 0.25) is 0 Å². The molecule has 2 rings (SSSR count). The molecule has 0 bridgehead atoms. The zero-order valence-corrected chi connectivity index (χ0v) is 13.3. The van der Waals surface area contributed by atoms with Crippen molar-refractivity contribution in [2.45, 2.75) is 26.0 Å². The van der Waals surface area contributed by atoms with Crippen LogP contribution in [-0.4, -0.2) is 6.04 Å². The Kier molecular flexibility index (Phi) is 4.82. The minimum atomic E-state index is -0.124. The minimum Gasteiger partial charge on any atom is -0.484 e. The van der Waals surface area contributed by atoms with Gasteiger partial charge in [-0.3, -0.25) is 0 Å². The summed E-state index contributed by atoms with van der Waals surface area (Å²) in [7, 11) is 0. The number of rotatable bonds is 4. The van der Waals surface area contributed by atoms with Crippen LogP contribution < -0.4 is 10.5 Å². The van der Waals surface area contributed by atoms with Crippen LogP contribution in [0.15, 0.2) is 48.5 Å². The maximum Gasteiger partial charge on any atom is 0.138 e. The summed E-state index contributed by atoms with van der Waals surface area (Å²) in [5.41, 5.74) is 8.41. The molecular weight excluding hydrogens is 349 g/mol. The van der Waals surface area contributed by atoms with Crippen LogP contribution in [-0.2, 0) is 0 Å². The molecular formula is C16H18INO. The number of halogens is 1. The molecule has 2 atom stereocenters. The number of nitrogens with two attached hydrogens (primary N) is 1. The van der Waals surface area contributed by atoms with Crippen LogP contribution in [0, 0.1) is 10.5 Å². The Morgan fingerprint density at radius 1 is 1.00 bits per heavy atom. The molecule has 2 N–H and O–H groups in total. The summed E-state index contributed by atoms with van der Waals surface area (Å²) in [6.07, 6.45) is -0.124. The van der Waals surface area contributed by atoms with E-state index in [0.717, 1.165) is 11.3 Å². The summed E-state index contributed by atoms with van der Waals surface area (Å²) in [5.74, 6) is 0.850. The second-order valence-corrected chi connectivity index (χ2v) is 6.01. The molecule has 0 aliphatic carbocycles. The highest BCUT2D eigenvalue weighted by atomic mass is 127. The lowest BCUT2D eigenvalue weighted by atomic mass is 10.0. The van der Waals surface area contributed by atoms with Crippen LogP contribution >= 0.6 is 22.6 Å². The van der Waals surface area contributed by atoms with E-state index in [0.29, 0.717) is 0 Å². The first-order chi connectivity index (χ1) is 9.06. The van der Waals surface area contributed by atoms with Crippen molar-refractivity contribution >= 4 is 22.6 Å². The van der Waals surface area contributed by atoms with E-state index in [2.05, 4.69) is 53.8 Å². The van der Waals surface area contributed by atoms with E-state index >= 15 is 0 Å². The first-order valence-corrected chi connectivity index (χ1v) is 7.38. The summed E-state index contributed by atoms with van der Waals surface area (Å²) >= 11 is 2.28. The van der Waals surface area contributed by atoms with Crippen LogP contribution in [0.5, 0.6) is 5.75 Å². The molecule has 0 radical (unpaired) electrons. The minimum absolute atomic E-state index is 0.0676. The van der Waals surface area contributed by atoms with Crippen LogP contribution in [0.25, 0.3) is 0 Å². The number of benzene rings is 2. The SMILES string of the molecule is Cc1ccc(C(Oc2ccc(I)cc2)C(C)N)cc1. The Labute approximate surface area is 128 Å². The number of hydrogen-bond donors (Lipinski definition) is 1. The molecule has 0 spiro atoms. The Balaban J connectivity index is 2.21. The number of hydrogen-bond acceptors (Lipinski definition) is 2. The van der Waals surface area contributed by atoms with Crippen LogP contribution in [0.4, 0.5) is 0 Å². The normalized spacial score (nSPS) is 13.9. The molecule has 2 aromatic carbocycles. The van der Waals surface area contributed by atoms with Crippen LogP contribution in [0.1, 0.15) is 24.2 Å². The van der Waals surface area contributed by atoms with Gasteiger partial charge in [0.15, 0.2) is 0 Å². The molecule has 19 heavy (non-hydrogen) atoms. The molecule has 0 saturated carbocycles. The average Bonchev–Trinajstić information content (AvgIpc) is 2.39. The fourth-order valence-corrected chi connectivity index (χ4v) is 2.25. The highest BCUT2D eigenvalue weighted by molar-refractivity contribution is 14.1. The first kappa shape index (κ1) is 14.3. The van der Waals surface area contributed by atoms with E-state index in [9.17, 15) is 0 Å². The van der Waals surface area contributed by atoms with Crippen molar-refractivity contribution in [2.75, 3.05) is 0 Å². The van der Waals surface area contributed by atoms with E-state index in [1.165, 1.54) is 9.13 Å². The maximum atomic E-state index is 6.06. The second kappa shape index (κ2) is 6.39. The summed E-state index contributed by atoms with van der Waals surface area (Å²) in [5, 5.41) is 0. The Morgan fingerprint density at radius 3 is 2.11 bits per heavy atom. The molecule has 100 valence electrons. The zero-order valence-electron chi connectivity index (χ0n) is 11.1. The van der Waals surface area contributed by atoms with Crippen molar-refractivity contribution < 1.29 is 4.74 Å². The Hall–Kier alpha value is -1.07. The fourth-order valence-electron chi connectivity index (χ4n) is 1.89. The van der Waals surface area contributed by atoms with E-state index in [4.69, 9.17) is 10.5 Å². The Bertz CT molecular complexity index is 519. The lowest BCUT2D eigenvalue weighted by Gasteiger charge is -2.23. The number of ether oxygens (including phenoxy) is 1. The predicted octanol–water partition coefficient (Wildman–Crippen LogP) is 4.07. The van der Waals surface area contributed by atoms with Crippen molar-refractivity contribution in [1.29, 1.82) is 0 Å². The van der Waals surface area contributed by atoms with Gasteiger partial charge < -0.3 is 10.5 Å². The van der Waals surface area contributed by atoms with E-state index in [-0.39, 0.29) is 12.1 Å². The van der Waals surface area contributed by atoms with Crippen LogP contribution in [0.3, 0.4) is 0 Å². The summed E-state index contributed by atoms with van der Waals surface area (Å²) in [4.78, 5) is 0. The van der Waals surface area contributed by atoms with Crippen molar-refractivity contribution in [3.63, 3.8) is 0 Å². The van der Waals surface area contributed by atoms with Crippen molar-refractivity contribution in [2.24, 2.45) is 5.73 Å². The third-order valence-corrected chi connectivity index (χ3v) is 3.68. The van der Waals surface area contributed by atoms with Gasteiger partial charge in [0, 0.05) is 9.61 Å². The molecule has 3 heteroatoms. The third kappa shape index (κ3) is 3.94. The van der Waals surface area contributed by atoms with Crippen molar-refractivity contribution in [3.05, 3.63) is 63.2 Å². The molecule has 2 aromatic rings. The Morgan fingerprint density at radius 2 is 1.58 bits per heavy atom. The monoisotopic (exact) mass is 367 g/mol. The summed E-state index contributed by atoms with van der Waals surface area (Å²) in [6.45, 7) is 4.04. The van der Waals surface area contributed by atoms with E-state index in [1.54, 1.807) is 0 Å². The van der Waals surface area contributed by atoms with Crippen molar-refractivity contribution in [3.8, 4) is 5.75 Å². The lowest BCUT2D eigenvalue weighted by Crippen LogP contribution is -2.29. The standard InChI is InChI=1S/C16H18INO/c1-11-3-5-13(6-4-11)16(12(2)18)19-15-9-7-14(17)8-10-15/h3-10,12,16H,18H2,1-2H3. The highest BCUT2D eigenvalue weighted by Crippen LogP contribution is 2.25. The molecule has 0 heterocycles. The quantitative estimate of drug-likeness (QED) is 0.827. The van der Waals surface area contributed by atoms with Gasteiger partial charge in [0.2, 0.25) is 0 Å². The average molecular weight is 367 g/mol. The second-order valence-electron chi connectivity index (χ2n) is 4.76. The fraction of sp³-hybridized carbons (Fsp3) is 0.250. The molecule has 2 nitrogen and oxygen atoms in total. The largest absolute Gasteiger partial charge is 0.484 e. The van der Waals surface area contributed by atoms with Gasteiger partial charge in [-0.05, 0) is 66.3 Å². The van der Waals surface area contributed by atoms with Gasteiger partial charge in [0.1, 0.15) is 11.9 Å². The highest BCUT2D eigenvalue weighted by Gasteiger charge is 2.18. The third-order valence-electron chi connectivity index (χ3n) is 2.96. The maximum absolute atomic E-state index is 6.06. The van der Waals surface area contributed by atoms with Gasteiger partial charge >= 0.3 is 0 Å². The predicted molar refractivity (Wildman–Crippen MR) is 87.4 cm³/mol. The number of aryl methyl sites for hydroxylation is 1. The van der Waals surface area contributed by atoms with Gasteiger partial charge in [-0.15, -0.1) is 0 Å². The van der Waals surface area contributed by atoms with E-state index < -0.39 is 0 Å². The van der Waals surface area contributed by atoms with Crippen molar-refractivity contribution in [1.82, 2.24) is 0 Å². The molecule has 0 aliphatic rings. The molecule has 0 saturated heterocycles. The van der Waals surface area contributed by atoms with Gasteiger partial charge in [-0.2, -0.15) is 0 Å². The molecule has 2 unspecified atom stereocenters. The smallest absolute Gasteiger partial charge is 0.138 e. The first-order valence-electron chi connectivity index (χ1n) is 6.30. The zero-order chi connectivity index (χ0) is 13.8. The molecule has 0 fully saturated rings. The van der Waals surface area contributed by atoms with Gasteiger partial charge in [-0.25, -0.2) is 0 Å². The van der Waals surface area contributed by atoms with Gasteiger partial charge in [0.25, 0.3) is 0 Å². The van der Waals surface area contributed by atoms with E-state index in [1.807, 2.05) is 31.2 Å². The molecule has 0 aliphatic heterocycles. The van der Waals surface area contributed by atoms with Gasteiger partial charge in [-0.1, -0.05) is 29.8 Å². The van der Waals surface area contributed by atoms with Gasteiger partial charge in [0.05, 0.1) is 0 Å². The topological polar surface area (TPSA) is 35.2 Å². The lowest BCUT2D eigenvalue weighted by molar-refractivity contribution is 0.180. The molecule has 0 amide bonds. The summed E-state index contributed by atoms with van der Waals surface area (Å²) < 4.78 is 7.22.